The fourth-order valence-electron chi connectivity index (χ4n) is 2.55. The third kappa shape index (κ3) is 2.55. The largest absolute Gasteiger partial charge is 0.296 e. The number of amides is 1. The van der Waals surface area contributed by atoms with Gasteiger partial charge < -0.3 is 0 Å². The van der Waals surface area contributed by atoms with E-state index >= 15 is 0 Å². The van der Waals surface area contributed by atoms with Crippen LogP contribution in [-0.4, -0.2) is 15.9 Å². The second-order valence-electron chi connectivity index (χ2n) is 5.27. The lowest BCUT2D eigenvalue weighted by molar-refractivity contribution is 0.102. The van der Waals surface area contributed by atoms with Crippen molar-refractivity contribution < 1.29 is 4.79 Å². The molecule has 0 spiro atoms. The lowest BCUT2D eigenvalue weighted by atomic mass is 10.1. The summed E-state index contributed by atoms with van der Waals surface area (Å²) in [5.74, 6) is -0.239. The molecule has 5 heteroatoms. The van der Waals surface area contributed by atoms with E-state index in [1.165, 1.54) is 11.3 Å². The van der Waals surface area contributed by atoms with Gasteiger partial charge in [0.25, 0.3) is 5.91 Å². The monoisotopic (exact) mass is 319 g/mol. The number of aryl methyl sites for hydroxylation is 1. The number of rotatable bonds is 2. The van der Waals surface area contributed by atoms with E-state index in [0.29, 0.717) is 10.8 Å². The van der Waals surface area contributed by atoms with Crippen LogP contribution < -0.4 is 5.32 Å². The van der Waals surface area contributed by atoms with Crippen molar-refractivity contribution in [3.8, 4) is 0 Å². The number of hydrogen-bond acceptors (Lipinski definition) is 4. The number of hydrogen-bond donors (Lipinski definition) is 1. The minimum absolute atomic E-state index is 0.239. The van der Waals surface area contributed by atoms with Crippen molar-refractivity contribution in [1.29, 1.82) is 0 Å². The standard InChI is InChI=1S/C18H13N3OS/c1-11-5-4-8-14(19-11)17(22)21-18-20-16-13-7-3-2-6-12(13)9-10-15(16)23-18/h2-10H,1H3,(H,20,21,22). The van der Waals surface area contributed by atoms with E-state index in [-0.39, 0.29) is 5.91 Å². The number of nitrogens with zero attached hydrogens (tertiary/aromatic N) is 2. The highest BCUT2D eigenvalue weighted by Gasteiger charge is 2.12. The molecule has 0 saturated heterocycles. The molecule has 0 aliphatic carbocycles. The van der Waals surface area contributed by atoms with E-state index in [1.807, 2.05) is 43.3 Å². The van der Waals surface area contributed by atoms with E-state index in [2.05, 4.69) is 27.4 Å². The molecular weight excluding hydrogens is 306 g/mol. The maximum absolute atomic E-state index is 12.3. The summed E-state index contributed by atoms with van der Waals surface area (Å²) in [6, 6.07) is 17.6. The number of benzene rings is 2. The van der Waals surface area contributed by atoms with Crippen molar-refractivity contribution in [2.24, 2.45) is 0 Å². The highest BCUT2D eigenvalue weighted by Crippen LogP contribution is 2.31. The Morgan fingerprint density at radius 3 is 2.74 bits per heavy atom. The van der Waals surface area contributed by atoms with Crippen molar-refractivity contribution in [2.45, 2.75) is 6.92 Å². The zero-order chi connectivity index (χ0) is 15.8. The predicted molar refractivity (Wildman–Crippen MR) is 94.1 cm³/mol. The van der Waals surface area contributed by atoms with Crippen molar-refractivity contribution in [2.75, 3.05) is 5.32 Å². The summed E-state index contributed by atoms with van der Waals surface area (Å²) in [6.07, 6.45) is 0. The Morgan fingerprint density at radius 1 is 1.00 bits per heavy atom. The van der Waals surface area contributed by atoms with Crippen LogP contribution in [0.4, 0.5) is 5.13 Å². The van der Waals surface area contributed by atoms with Crippen LogP contribution in [0.15, 0.2) is 54.6 Å². The van der Waals surface area contributed by atoms with E-state index in [0.717, 1.165) is 26.7 Å². The second kappa shape index (κ2) is 5.44. The van der Waals surface area contributed by atoms with E-state index in [4.69, 9.17) is 0 Å². The molecule has 0 fully saturated rings. The maximum atomic E-state index is 12.3. The molecule has 4 nitrogen and oxygen atoms in total. The maximum Gasteiger partial charge on any atom is 0.276 e. The van der Waals surface area contributed by atoms with Gasteiger partial charge in [0, 0.05) is 11.1 Å². The molecule has 4 rings (SSSR count). The van der Waals surface area contributed by atoms with E-state index < -0.39 is 0 Å². The summed E-state index contributed by atoms with van der Waals surface area (Å²) in [6.45, 7) is 1.86. The summed E-state index contributed by atoms with van der Waals surface area (Å²) in [5, 5.41) is 5.67. The number of pyridine rings is 1. The summed E-state index contributed by atoms with van der Waals surface area (Å²) in [5.41, 5.74) is 2.13. The number of fused-ring (bicyclic) bond motifs is 3. The smallest absolute Gasteiger partial charge is 0.276 e. The van der Waals surface area contributed by atoms with Crippen LogP contribution in [-0.2, 0) is 0 Å². The van der Waals surface area contributed by atoms with E-state index in [9.17, 15) is 4.79 Å². The first-order valence-corrected chi connectivity index (χ1v) is 8.06. The molecule has 2 aromatic carbocycles. The minimum Gasteiger partial charge on any atom is -0.296 e. The normalized spacial score (nSPS) is 11.0. The van der Waals surface area contributed by atoms with Gasteiger partial charge in [-0.15, -0.1) is 0 Å². The highest BCUT2D eigenvalue weighted by atomic mass is 32.1. The molecule has 0 unspecified atom stereocenters. The Kier molecular flexibility index (Phi) is 3.28. The molecule has 0 bridgehead atoms. The zero-order valence-electron chi connectivity index (χ0n) is 12.4. The van der Waals surface area contributed by atoms with Crippen molar-refractivity contribution >= 4 is 43.4 Å². The lowest BCUT2D eigenvalue weighted by Crippen LogP contribution is -2.13. The van der Waals surface area contributed by atoms with Crippen LogP contribution in [0, 0.1) is 6.92 Å². The average Bonchev–Trinajstić information content (AvgIpc) is 2.97. The second-order valence-corrected chi connectivity index (χ2v) is 6.30. The van der Waals surface area contributed by atoms with Crippen LogP contribution in [0.3, 0.4) is 0 Å². The Hall–Kier alpha value is -2.79. The molecule has 1 N–H and O–H groups in total. The SMILES string of the molecule is Cc1cccc(C(=O)Nc2nc3c(ccc4ccccc43)s2)n1. The molecule has 0 saturated carbocycles. The number of thiazole rings is 1. The van der Waals surface area contributed by atoms with E-state index in [1.54, 1.807) is 6.07 Å². The Labute approximate surface area is 136 Å². The van der Waals surface area contributed by atoms with Gasteiger partial charge in [-0.3, -0.25) is 10.1 Å². The molecule has 1 amide bonds. The first-order valence-electron chi connectivity index (χ1n) is 7.24. The van der Waals surface area contributed by atoms with Crippen LogP contribution in [0.25, 0.3) is 21.0 Å². The topological polar surface area (TPSA) is 54.9 Å². The van der Waals surface area contributed by atoms with Gasteiger partial charge in [-0.05, 0) is 30.5 Å². The number of nitrogens with one attached hydrogen (secondary N) is 1. The van der Waals surface area contributed by atoms with Gasteiger partial charge >= 0.3 is 0 Å². The molecular formula is C18H13N3OS. The molecule has 0 radical (unpaired) electrons. The summed E-state index contributed by atoms with van der Waals surface area (Å²) in [4.78, 5) is 21.1. The number of carbonyl (C=O) groups is 1. The van der Waals surface area contributed by atoms with Gasteiger partial charge in [0.15, 0.2) is 5.13 Å². The third-order valence-corrected chi connectivity index (χ3v) is 4.56. The Bertz CT molecular complexity index is 1040. The molecule has 0 atom stereocenters. The fourth-order valence-corrected chi connectivity index (χ4v) is 3.42. The van der Waals surface area contributed by atoms with Gasteiger partial charge in [0.05, 0.1) is 10.2 Å². The molecule has 23 heavy (non-hydrogen) atoms. The Balaban J connectivity index is 1.72. The average molecular weight is 319 g/mol. The minimum atomic E-state index is -0.239. The number of anilines is 1. The van der Waals surface area contributed by atoms with Crippen molar-refractivity contribution in [1.82, 2.24) is 9.97 Å². The van der Waals surface area contributed by atoms with Gasteiger partial charge in [-0.2, -0.15) is 0 Å². The summed E-state index contributed by atoms with van der Waals surface area (Å²) < 4.78 is 1.05. The number of carbonyl (C=O) groups excluding carboxylic acids is 1. The van der Waals surface area contributed by atoms with Gasteiger partial charge in [-0.25, -0.2) is 9.97 Å². The number of aromatic nitrogens is 2. The molecule has 2 heterocycles. The summed E-state index contributed by atoms with van der Waals surface area (Å²) >= 11 is 1.47. The van der Waals surface area contributed by atoms with Gasteiger partial charge in [0.1, 0.15) is 5.69 Å². The van der Waals surface area contributed by atoms with Crippen molar-refractivity contribution in [3.05, 3.63) is 66.0 Å². The lowest BCUT2D eigenvalue weighted by Gasteiger charge is -2.01. The molecule has 0 aliphatic heterocycles. The Morgan fingerprint density at radius 2 is 1.87 bits per heavy atom. The molecule has 112 valence electrons. The quantitative estimate of drug-likeness (QED) is 0.595. The van der Waals surface area contributed by atoms with Crippen LogP contribution >= 0.6 is 11.3 Å². The first-order chi connectivity index (χ1) is 11.2. The molecule has 4 aromatic rings. The summed E-state index contributed by atoms with van der Waals surface area (Å²) in [7, 11) is 0. The fraction of sp³-hybridized carbons (Fsp3) is 0.0556. The van der Waals surface area contributed by atoms with Crippen LogP contribution in [0.2, 0.25) is 0 Å². The molecule has 2 aromatic heterocycles. The third-order valence-electron chi connectivity index (χ3n) is 3.62. The highest BCUT2D eigenvalue weighted by molar-refractivity contribution is 7.22. The predicted octanol–water partition coefficient (Wildman–Crippen LogP) is 4.41. The van der Waals surface area contributed by atoms with Crippen LogP contribution in [0.1, 0.15) is 16.2 Å². The first kappa shape index (κ1) is 13.8. The van der Waals surface area contributed by atoms with Gasteiger partial charge in [-0.1, -0.05) is 47.7 Å². The molecule has 0 aliphatic rings. The zero-order valence-corrected chi connectivity index (χ0v) is 13.2. The van der Waals surface area contributed by atoms with Gasteiger partial charge in [0.2, 0.25) is 0 Å². The van der Waals surface area contributed by atoms with Crippen molar-refractivity contribution in [3.63, 3.8) is 0 Å². The van der Waals surface area contributed by atoms with Crippen LogP contribution in [0.5, 0.6) is 0 Å².